The molecule has 1 heterocycles. The fraction of sp³-hybridized carbons (Fsp3) is 0.158. The van der Waals surface area contributed by atoms with Crippen molar-refractivity contribution in [1.82, 2.24) is 0 Å². The quantitative estimate of drug-likeness (QED) is 0.684. The van der Waals surface area contributed by atoms with Gasteiger partial charge in [-0.15, -0.1) is 0 Å². The van der Waals surface area contributed by atoms with Crippen molar-refractivity contribution in [2.75, 3.05) is 14.2 Å². The molecule has 0 aliphatic heterocycles. The van der Waals surface area contributed by atoms with Gasteiger partial charge in [0.05, 0.1) is 14.2 Å². The van der Waals surface area contributed by atoms with Crippen LogP contribution < -0.4 is 9.47 Å². The van der Waals surface area contributed by atoms with Gasteiger partial charge in [0.2, 0.25) is 0 Å². The molecule has 0 saturated heterocycles. The molecule has 0 aliphatic carbocycles. The molecule has 0 aliphatic rings. The van der Waals surface area contributed by atoms with E-state index < -0.39 is 0 Å². The average molecular weight is 294 g/mol. The van der Waals surface area contributed by atoms with E-state index >= 15 is 0 Å². The number of hydrogen-bond acceptors (Lipinski definition) is 3. The van der Waals surface area contributed by atoms with Crippen LogP contribution in [0.1, 0.15) is 16.9 Å². The smallest absolute Gasteiger partial charge is 0.161 e. The van der Waals surface area contributed by atoms with E-state index in [-0.39, 0.29) is 0 Å². The molecule has 0 unspecified atom stereocenters. The maximum Gasteiger partial charge on any atom is 0.161 e. The molecule has 3 heteroatoms. The summed E-state index contributed by atoms with van der Waals surface area (Å²) in [6.07, 6.45) is 3.95. The zero-order valence-corrected chi connectivity index (χ0v) is 12.9. The zero-order valence-electron chi connectivity index (χ0n) is 12.9. The number of furan rings is 1. The first-order valence-corrected chi connectivity index (χ1v) is 7.10. The normalized spacial score (nSPS) is 11.2. The van der Waals surface area contributed by atoms with Crippen LogP contribution in [-0.2, 0) is 0 Å². The minimum absolute atomic E-state index is 0.713. The third-order valence-electron chi connectivity index (χ3n) is 3.54. The Morgan fingerprint density at radius 3 is 2.45 bits per heavy atom. The van der Waals surface area contributed by atoms with Crippen molar-refractivity contribution in [3.8, 4) is 11.5 Å². The Kier molecular flexibility index (Phi) is 3.88. The molecule has 2 aromatic carbocycles. The highest BCUT2D eigenvalue weighted by Gasteiger charge is 2.04. The average Bonchev–Trinajstić information content (AvgIpc) is 2.94. The summed E-state index contributed by atoms with van der Waals surface area (Å²) in [6, 6.07) is 14.0. The Bertz CT molecular complexity index is 828. The molecule has 0 atom stereocenters. The zero-order chi connectivity index (χ0) is 15.5. The monoisotopic (exact) mass is 294 g/mol. The van der Waals surface area contributed by atoms with Crippen molar-refractivity contribution >= 4 is 23.1 Å². The lowest BCUT2D eigenvalue weighted by atomic mass is 10.1. The third-order valence-corrected chi connectivity index (χ3v) is 3.54. The topological polar surface area (TPSA) is 31.6 Å². The molecule has 3 aromatic rings. The predicted octanol–water partition coefficient (Wildman–Crippen LogP) is 4.93. The van der Waals surface area contributed by atoms with Gasteiger partial charge in [0.25, 0.3) is 0 Å². The molecular weight excluding hydrogens is 276 g/mol. The van der Waals surface area contributed by atoms with Crippen molar-refractivity contribution in [1.29, 1.82) is 0 Å². The van der Waals surface area contributed by atoms with Crippen molar-refractivity contribution in [2.24, 2.45) is 0 Å². The molecule has 0 amide bonds. The highest BCUT2D eigenvalue weighted by atomic mass is 16.5. The predicted molar refractivity (Wildman–Crippen MR) is 89.4 cm³/mol. The maximum atomic E-state index is 5.83. The Hall–Kier alpha value is -2.68. The molecule has 1 aromatic heterocycles. The summed E-state index contributed by atoms with van der Waals surface area (Å²) in [5, 5.41) is 1.11. The summed E-state index contributed by atoms with van der Waals surface area (Å²) < 4.78 is 16.4. The molecule has 3 nitrogen and oxygen atoms in total. The van der Waals surface area contributed by atoms with Crippen molar-refractivity contribution < 1.29 is 13.9 Å². The SMILES string of the molecule is COc1ccc(/C=C/c2cc3ccc(C)cc3o2)cc1OC. The Morgan fingerprint density at radius 2 is 1.68 bits per heavy atom. The van der Waals surface area contributed by atoms with Crippen molar-refractivity contribution in [3.05, 3.63) is 59.4 Å². The van der Waals surface area contributed by atoms with E-state index in [0.29, 0.717) is 5.75 Å². The summed E-state index contributed by atoms with van der Waals surface area (Å²) in [4.78, 5) is 0. The van der Waals surface area contributed by atoms with Crippen LogP contribution in [0.2, 0.25) is 0 Å². The van der Waals surface area contributed by atoms with E-state index in [1.807, 2.05) is 42.5 Å². The Balaban J connectivity index is 1.89. The minimum Gasteiger partial charge on any atom is -0.493 e. The second kappa shape index (κ2) is 5.98. The fourth-order valence-electron chi connectivity index (χ4n) is 2.38. The first-order valence-electron chi connectivity index (χ1n) is 7.10. The lowest BCUT2D eigenvalue weighted by Gasteiger charge is -2.07. The number of fused-ring (bicyclic) bond motifs is 1. The molecule has 3 rings (SSSR count). The molecule has 0 spiro atoms. The molecule has 112 valence electrons. The van der Waals surface area contributed by atoms with E-state index in [1.54, 1.807) is 14.2 Å². The van der Waals surface area contributed by atoms with E-state index in [1.165, 1.54) is 5.56 Å². The Morgan fingerprint density at radius 1 is 0.864 bits per heavy atom. The van der Waals surface area contributed by atoms with Gasteiger partial charge in [0.15, 0.2) is 11.5 Å². The van der Waals surface area contributed by atoms with Crippen LogP contribution in [0.25, 0.3) is 23.1 Å². The lowest BCUT2D eigenvalue weighted by Crippen LogP contribution is -1.90. The molecule has 0 N–H and O–H groups in total. The fourth-order valence-corrected chi connectivity index (χ4v) is 2.38. The van der Waals surface area contributed by atoms with Gasteiger partial charge in [0.1, 0.15) is 11.3 Å². The molecule has 0 radical (unpaired) electrons. The second-order valence-electron chi connectivity index (χ2n) is 5.14. The highest BCUT2D eigenvalue weighted by Crippen LogP contribution is 2.28. The van der Waals surface area contributed by atoms with Crippen LogP contribution in [0.4, 0.5) is 0 Å². The molecular formula is C19H18O3. The van der Waals surface area contributed by atoms with Gasteiger partial charge in [-0.25, -0.2) is 0 Å². The van der Waals surface area contributed by atoms with E-state index in [9.17, 15) is 0 Å². The van der Waals surface area contributed by atoms with Crippen LogP contribution in [0, 0.1) is 6.92 Å². The molecule has 0 bridgehead atoms. The molecule has 0 fully saturated rings. The molecule has 0 saturated carbocycles. The van der Waals surface area contributed by atoms with Gasteiger partial charge in [-0.1, -0.05) is 24.3 Å². The standard InChI is InChI=1S/C19H18O3/c1-13-4-7-15-12-16(22-18(15)10-13)8-5-14-6-9-17(20-2)19(11-14)21-3/h4-12H,1-3H3/b8-5+. The summed E-state index contributed by atoms with van der Waals surface area (Å²) in [5.41, 5.74) is 3.12. The first kappa shape index (κ1) is 14.3. The van der Waals surface area contributed by atoms with Crippen LogP contribution >= 0.6 is 0 Å². The Labute approximate surface area is 129 Å². The van der Waals surface area contributed by atoms with E-state index in [0.717, 1.165) is 28.0 Å². The van der Waals surface area contributed by atoms with Gasteiger partial charge in [-0.05, 0) is 48.4 Å². The second-order valence-corrected chi connectivity index (χ2v) is 5.14. The number of aryl methyl sites for hydroxylation is 1. The van der Waals surface area contributed by atoms with E-state index in [4.69, 9.17) is 13.9 Å². The largest absolute Gasteiger partial charge is 0.493 e. The van der Waals surface area contributed by atoms with Gasteiger partial charge in [-0.3, -0.25) is 0 Å². The van der Waals surface area contributed by atoms with Gasteiger partial charge >= 0.3 is 0 Å². The third kappa shape index (κ3) is 2.84. The first-order chi connectivity index (χ1) is 10.7. The lowest BCUT2D eigenvalue weighted by molar-refractivity contribution is 0.355. The number of hydrogen-bond donors (Lipinski definition) is 0. The number of benzene rings is 2. The van der Waals surface area contributed by atoms with Crippen molar-refractivity contribution in [3.63, 3.8) is 0 Å². The summed E-state index contributed by atoms with van der Waals surface area (Å²) in [6.45, 7) is 2.06. The number of methoxy groups -OCH3 is 2. The molecule has 22 heavy (non-hydrogen) atoms. The summed E-state index contributed by atoms with van der Waals surface area (Å²) >= 11 is 0. The van der Waals surface area contributed by atoms with Crippen LogP contribution in [-0.4, -0.2) is 14.2 Å². The minimum atomic E-state index is 0.713. The highest BCUT2D eigenvalue weighted by molar-refractivity contribution is 5.82. The van der Waals surface area contributed by atoms with Crippen molar-refractivity contribution in [2.45, 2.75) is 6.92 Å². The van der Waals surface area contributed by atoms with Crippen LogP contribution in [0.3, 0.4) is 0 Å². The van der Waals surface area contributed by atoms with Gasteiger partial charge in [0, 0.05) is 5.39 Å². The van der Waals surface area contributed by atoms with Gasteiger partial charge in [-0.2, -0.15) is 0 Å². The number of rotatable bonds is 4. The summed E-state index contributed by atoms with van der Waals surface area (Å²) in [5.74, 6) is 2.26. The van der Waals surface area contributed by atoms with E-state index in [2.05, 4.69) is 19.1 Å². The van der Waals surface area contributed by atoms with Crippen LogP contribution in [0.5, 0.6) is 11.5 Å². The number of ether oxygens (including phenoxy) is 2. The van der Waals surface area contributed by atoms with Crippen LogP contribution in [0.15, 0.2) is 46.9 Å². The maximum absolute atomic E-state index is 5.83. The van der Waals surface area contributed by atoms with Gasteiger partial charge < -0.3 is 13.9 Å². The summed E-state index contributed by atoms with van der Waals surface area (Å²) in [7, 11) is 3.26.